The van der Waals surface area contributed by atoms with Crippen molar-refractivity contribution in [2.75, 3.05) is 13.2 Å². The molecule has 0 atom stereocenters. The largest absolute Gasteiger partial charge is 0.477 e. The first kappa shape index (κ1) is 20.7. The minimum Gasteiger partial charge on any atom is -0.477 e. The third-order valence-corrected chi connectivity index (χ3v) is 2.68. The number of H-pyrrole nitrogens is 1. The van der Waals surface area contributed by atoms with Gasteiger partial charge in [0.25, 0.3) is 0 Å². The number of aromatic amines is 1. The van der Waals surface area contributed by atoms with E-state index in [0.717, 1.165) is 5.88 Å². The van der Waals surface area contributed by atoms with E-state index >= 15 is 0 Å². The van der Waals surface area contributed by atoms with Gasteiger partial charge in [0.1, 0.15) is 0 Å². The smallest absolute Gasteiger partial charge is 0.243 e. The number of ether oxygens (including phenoxy) is 2. The van der Waals surface area contributed by atoms with Crippen molar-refractivity contribution in [3.63, 3.8) is 0 Å². The number of rotatable bonds is 4. The molecule has 0 unspecified atom stereocenters. The van der Waals surface area contributed by atoms with Crippen molar-refractivity contribution in [2.24, 2.45) is 10.8 Å². The van der Waals surface area contributed by atoms with Crippen LogP contribution in [0.3, 0.4) is 0 Å². The quantitative estimate of drug-likeness (QED) is 0.897. The van der Waals surface area contributed by atoms with Crippen LogP contribution in [0, 0.1) is 10.8 Å². The Bertz CT molecular complexity index is 640. The highest BCUT2D eigenvalue weighted by Gasteiger charge is 2.12. The lowest BCUT2D eigenvalue weighted by molar-refractivity contribution is 0.0917. The third-order valence-electron chi connectivity index (χ3n) is 2.68. The normalized spacial score (nSPS) is 11.5. The molecule has 0 amide bonds. The van der Waals surface area contributed by atoms with E-state index in [4.69, 9.17) is 9.47 Å². The van der Waals surface area contributed by atoms with E-state index in [2.05, 4.69) is 56.8 Å². The summed E-state index contributed by atoms with van der Waals surface area (Å²) in [5.41, 5.74) is 0.297. The molecule has 0 radical (unpaired) electrons. The third kappa shape index (κ3) is 9.54. The molecule has 25 heavy (non-hydrogen) atoms. The van der Waals surface area contributed by atoms with Crippen molar-refractivity contribution in [1.82, 2.24) is 20.0 Å². The van der Waals surface area contributed by atoms with Gasteiger partial charge in [-0.1, -0.05) is 41.5 Å². The lowest BCUT2D eigenvalue weighted by Crippen LogP contribution is -2.17. The molecule has 2 rings (SSSR count). The molecule has 0 aliphatic carbocycles. The zero-order chi connectivity index (χ0) is 19.1. The summed E-state index contributed by atoms with van der Waals surface area (Å²) >= 11 is 0. The summed E-state index contributed by atoms with van der Waals surface area (Å²) < 4.78 is 12.1. The molecule has 0 fully saturated rings. The molecule has 0 aliphatic heterocycles. The summed E-state index contributed by atoms with van der Waals surface area (Å²) in [7, 11) is 0. The summed E-state index contributed by atoms with van der Waals surface area (Å²) in [5.74, 6) is 1.12. The standard InChI is InChI=1S/C10H16N2O2.C8H14N2O.H2/c1-8(13)12-6-5-9(11-12)14-7-10(2,3)4;1-8(2,3)6-11-7-4-5-9-10-7;/h5-6H,7H2,1-4H3;4-5H,6H2,1-3H3,(H,9,10);1H. The number of hydrogen-bond acceptors (Lipinski definition) is 5. The Balaban J connectivity index is 0.000000475. The van der Waals surface area contributed by atoms with Crippen LogP contribution in [0.15, 0.2) is 24.5 Å². The molecule has 1 N–H and O–H groups in total. The van der Waals surface area contributed by atoms with E-state index in [9.17, 15) is 4.79 Å². The maximum atomic E-state index is 10.9. The van der Waals surface area contributed by atoms with Crippen LogP contribution >= 0.6 is 0 Å². The van der Waals surface area contributed by atoms with E-state index in [1.165, 1.54) is 11.6 Å². The molecule has 0 aromatic carbocycles. The Hall–Kier alpha value is -2.31. The van der Waals surface area contributed by atoms with Crippen LogP contribution in [-0.4, -0.2) is 39.1 Å². The minimum atomic E-state index is -0.115. The Morgan fingerprint density at radius 1 is 1.12 bits per heavy atom. The summed E-state index contributed by atoms with van der Waals surface area (Å²) in [5, 5.41) is 10.5. The van der Waals surface area contributed by atoms with Crippen molar-refractivity contribution in [1.29, 1.82) is 0 Å². The summed E-state index contributed by atoms with van der Waals surface area (Å²) in [6.07, 6.45) is 3.28. The van der Waals surface area contributed by atoms with Gasteiger partial charge in [-0.15, -0.1) is 5.10 Å². The first-order valence-electron chi connectivity index (χ1n) is 8.28. The van der Waals surface area contributed by atoms with Crippen molar-refractivity contribution in [3.05, 3.63) is 24.5 Å². The maximum absolute atomic E-state index is 10.9. The molecule has 142 valence electrons. The summed E-state index contributed by atoms with van der Waals surface area (Å²) in [6.45, 7) is 15.4. The fraction of sp³-hybridized carbons (Fsp3) is 0.611. The summed E-state index contributed by atoms with van der Waals surface area (Å²) in [4.78, 5) is 10.9. The molecule has 0 spiro atoms. The van der Waals surface area contributed by atoms with E-state index in [-0.39, 0.29) is 18.2 Å². The van der Waals surface area contributed by atoms with Crippen LogP contribution in [-0.2, 0) is 0 Å². The number of aromatic nitrogens is 4. The zero-order valence-corrected chi connectivity index (χ0v) is 16.3. The first-order chi connectivity index (χ1) is 11.5. The van der Waals surface area contributed by atoms with Gasteiger partial charge in [-0.3, -0.25) is 4.79 Å². The first-order valence-corrected chi connectivity index (χ1v) is 8.28. The van der Waals surface area contributed by atoms with Crippen molar-refractivity contribution >= 4 is 5.91 Å². The van der Waals surface area contributed by atoms with Gasteiger partial charge in [-0.25, -0.2) is 9.78 Å². The van der Waals surface area contributed by atoms with Crippen LogP contribution < -0.4 is 9.47 Å². The van der Waals surface area contributed by atoms with Crippen LogP contribution in [0.25, 0.3) is 0 Å². The molecule has 0 saturated carbocycles. The molecule has 0 bridgehead atoms. The average molecular weight is 352 g/mol. The molecule has 7 heteroatoms. The molecule has 2 aromatic rings. The molecular formula is C18H32N4O3. The number of carbonyl (C=O) groups is 1. The minimum absolute atomic E-state index is 0. The van der Waals surface area contributed by atoms with Crippen LogP contribution in [0.5, 0.6) is 11.8 Å². The molecule has 0 aliphatic rings. The summed E-state index contributed by atoms with van der Waals surface area (Å²) in [6, 6.07) is 3.50. The fourth-order valence-electron chi connectivity index (χ4n) is 1.47. The Kier molecular flexibility index (Phi) is 7.21. The predicted molar refractivity (Wildman–Crippen MR) is 99.1 cm³/mol. The predicted octanol–water partition coefficient (Wildman–Crippen LogP) is 4.05. The second kappa shape index (κ2) is 8.69. The highest BCUT2D eigenvalue weighted by molar-refractivity contribution is 5.75. The number of hydrogen-bond donors (Lipinski definition) is 1. The topological polar surface area (TPSA) is 82.0 Å². The SMILES string of the molecule is CC(=O)n1ccc(OCC(C)(C)C)n1.CC(C)(C)COc1ccn[nH]1.[HH]. The van der Waals surface area contributed by atoms with Crippen LogP contribution in [0.2, 0.25) is 0 Å². The van der Waals surface area contributed by atoms with E-state index in [0.29, 0.717) is 19.1 Å². The molecule has 7 nitrogen and oxygen atoms in total. The van der Waals surface area contributed by atoms with Crippen molar-refractivity contribution < 1.29 is 15.7 Å². The Morgan fingerprint density at radius 2 is 1.72 bits per heavy atom. The van der Waals surface area contributed by atoms with Crippen LogP contribution in [0.4, 0.5) is 0 Å². The zero-order valence-electron chi connectivity index (χ0n) is 16.3. The molecule has 2 heterocycles. The van der Waals surface area contributed by atoms with Gasteiger partial charge in [0.05, 0.1) is 19.4 Å². The van der Waals surface area contributed by atoms with E-state index < -0.39 is 0 Å². The highest BCUT2D eigenvalue weighted by Crippen LogP contribution is 2.16. The molecular weight excluding hydrogens is 320 g/mol. The second-order valence-corrected chi connectivity index (χ2v) is 8.24. The average Bonchev–Trinajstić information content (AvgIpc) is 3.14. The van der Waals surface area contributed by atoms with Gasteiger partial charge in [0.15, 0.2) is 0 Å². The maximum Gasteiger partial charge on any atom is 0.243 e. The van der Waals surface area contributed by atoms with Gasteiger partial charge in [-0.2, -0.15) is 5.10 Å². The number of nitrogens with zero attached hydrogens (tertiary/aromatic N) is 3. The molecule has 0 saturated heterocycles. The lowest BCUT2D eigenvalue weighted by Gasteiger charge is -2.17. The Morgan fingerprint density at radius 3 is 2.16 bits per heavy atom. The number of nitrogens with one attached hydrogen (secondary N) is 1. The number of carbonyl (C=O) groups excluding carboxylic acids is 1. The monoisotopic (exact) mass is 352 g/mol. The van der Waals surface area contributed by atoms with E-state index in [1.807, 2.05) is 6.07 Å². The van der Waals surface area contributed by atoms with Gasteiger partial charge >= 0.3 is 0 Å². The highest BCUT2D eigenvalue weighted by atomic mass is 16.5. The van der Waals surface area contributed by atoms with Gasteiger partial charge in [0, 0.05) is 26.7 Å². The van der Waals surface area contributed by atoms with Gasteiger partial charge in [-0.05, 0) is 10.8 Å². The van der Waals surface area contributed by atoms with Crippen LogP contribution in [0.1, 0.15) is 54.7 Å². The van der Waals surface area contributed by atoms with Gasteiger partial charge < -0.3 is 9.47 Å². The Labute approximate surface area is 151 Å². The van der Waals surface area contributed by atoms with Gasteiger partial charge in [0.2, 0.25) is 17.7 Å². The molecule has 2 aromatic heterocycles. The van der Waals surface area contributed by atoms with Crippen molar-refractivity contribution in [2.45, 2.75) is 48.5 Å². The van der Waals surface area contributed by atoms with Crippen molar-refractivity contribution in [3.8, 4) is 11.8 Å². The second-order valence-electron chi connectivity index (χ2n) is 8.24. The fourth-order valence-corrected chi connectivity index (χ4v) is 1.47. The van der Waals surface area contributed by atoms with E-state index in [1.54, 1.807) is 18.5 Å². The lowest BCUT2D eigenvalue weighted by atomic mass is 9.99.